The van der Waals surface area contributed by atoms with Crippen molar-refractivity contribution < 1.29 is 14.3 Å². The molecule has 0 saturated carbocycles. The number of hydrogen-bond acceptors (Lipinski definition) is 3. The van der Waals surface area contributed by atoms with Gasteiger partial charge in [-0.3, -0.25) is 9.59 Å². The third-order valence-electron chi connectivity index (χ3n) is 6.25. The SMILES string of the molecule is CCCCCCCC(=O)N(CCOC)CC(=O)N(Cc1cccn1Cc1ccccc1Cl)CC(C)C. The lowest BCUT2D eigenvalue weighted by Crippen LogP contribution is -2.45. The largest absolute Gasteiger partial charge is 0.383 e. The van der Waals surface area contributed by atoms with Crippen molar-refractivity contribution in [1.29, 1.82) is 0 Å². The molecule has 0 radical (unpaired) electrons. The van der Waals surface area contributed by atoms with Gasteiger partial charge in [0.1, 0.15) is 0 Å². The quantitative estimate of drug-likeness (QED) is 0.241. The summed E-state index contributed by atoms with van der Waals surface area (Å²) in [6.45, 7) is 9.06. The molecule has 6 nitrogen and oxygen atoms in total. The number of ether oxygens (including phenoxy) is 1. The second kappa shape index (κ2) is 16.4. The first-order valence-corrected chi connectivity index (χ1v) is 13.6. The van der Waals surface area contributed by atoms with Crippen molar-refractivity contribution in [1.82, 2.24) is 14.4 Å². The molecular formula is C29H44ClN3O3. The number of halogens is 1. The number of amides is 2. The molecule has 36 heavy (non-hydrogen) atoms. The van der Waals surface area contributed by atoms with E-state index in [9.17, 15) is 9.59 Å². The van der Waals surface area contributed by atoms with Crippen LogP contribution in [0.1, 0.15) is 70.6 Å². The van der Waals surface area contributed by atoms with Crippen LogP contribution in [0.3, 0.4) is 0 Å². The maximum atomic E-state index is 13.5. The van der Waals surface area contributed by atoms with Gasteiger partial charge in [0.05, 0.1) is 19.7 Å². The van der Waals surface area contributed by atoms with E-state index >= 15 is 0 Å². The minimum Gasteiger partial charge on any atom is -0.383 e. The Kier molecular flexibility index (Phi) is 13.7. The molecule has 0 fully saturated rings. The maximum Gasteiger partial charge on any atom is 0.242 e. The Morgan fingerprint density at radius 2 is 1.75 bits per heavy atom. The molecule has 1 aromatic heterocycles. The van der Waals surface area contributed by atoms with Crippen LogP contribution in [-0.2, 0) is 27.4 Å². The molecule has 0 aliphatic rings. The van der Waals surface area contributed by atoms with Crippen molar-refractivity contribution >= 4 is 23.4 Å². The normalized spacial score (nSPS) is 11.2. The van der Waals surface area contributed by atoms with Gasteiger partial charge >= 0.3 is 0 Å². The zero-order chi connectivity index (χ0) is 26.3. The van der Waals surface area contributed by atoms with Crippen LogP contribution in [0.5, 0.6) is 0 Å². The van der Waals surface area contributed by atoms with Gasteiger partial charge in [-0.25, -0.2) is 0 Å². The Bertz CT molecular complexity index is 928. The molecule has 2 rings (SSSR count). The molecule has 0 bridgehead atoms. The summed E-state index contributed by atoms with van der Waals surface area (Å²) in [5, 5.41) is 0.731. The summed E-state index contributed by atoms with van der Waals surface area (Å²) < 4.78 is 7.35. The fraction of sp³-hybridized carbons (Fsp3) is 0.586. The summed E-state index contributed by atoms with van der Waals surface area (Å²) in [5.41, 5.74) is 2.07. The zero-order valence-electron chi connectivity index (χ0n) is 22.5. The number of carbonyl (C=O) groups is 2. The van der Waals surface area contributed by atoms with E-state index in [1.165, 1.54) is 12.8 Å². The Hall–Kier alpha value is -2.31. The molecule has 0 N–H and O–H groups in total. The highest BCUT2D eigenvalue weighted by Crippen LogP contribution is 2.19. The zero-order valence-corrected chi connectivity index (χ0v) is 23.3. The van der Waals surface area contributed by atoms with Gasteiger partial charge in [0.2, 0.25) is 11.8 Å². The fourth-order valence-electron chi connectivity index (χ4n) is 4.24. The predicted molar refractivity (Wildman–Crippen MR) is 147 cm³/mol. The minimum absolute atomic E-state index is 0.0310. The van der Waals surface area contributed by atoms with Gasteiger partial charge < -0.3 is 19.1 Å². The van der Waals surface area contributed by atoms with Gasteiger partial charge in [-0.2, -0.15) is 0 Å². The van der Waals surface area contributed by atoms with Crippen LogP contribution in [0, 0.1) is 5.92 Å². The summed E-state index contributed by atoms with van der Waals surface area (Å²) in [5.74, 6) is 0.302. The highest BCUT2D eigenvalue weighted by atomic mass is 35.5. The van der Waals surface area contributed by atoms with Crippen molar-refractivity contribution in [2.24, 2.45) is 5.92 Å². The van der Waals surface area contributed by atoms with Gasteiger partial charge in [0.15, 0.2) is 0 Å². The number of aromatic nitrogens is 1. The van der Waals surface area contributed by atoms with E-state index in [4.69, 9.17) is 16.3 Å². The first kappa shape index (κ1) is 29.9. The van der Waals surface area contributed by atoms with Crippen molar-refractivity contribution in [3.05, 3.63) is 58.9 Å². The topological polar surface area (TPSA) is 54.8 Å². The minimum atomic E-state index is -0.0374. The molecule has 200 valence electrons. The highest BCUT2D eigenvalue weighted by molar-refractivity contribution is 6.31. The van der Waals surface area contributed by atoms with E-state index in [1.54, 1.807) is 12.0 Å². The molecule has 1 heterocycles. The molecule has 0 aliphatic carbocycles. The smallest absolute Gasteiger partial charge is 0.242 e. The van der Waals surface area contributed by atoms with Gasteiger partial charge in [0, 0.05) is 50.1 Å². The molecule has 7 heteroatoms. The fourth-order valence-corrected chi connectivity index (χ4v) is 4.44. The van der Waals surface area contributed by atoms with Crippen LogP contribution in [0.2, 0.25) is 5.02 Å². The van der Waals surface area contributed by atoms with E-state index in [2.05, 4.69) is 25.3 Å². The van der Waals surface area contributed by atoms with E-state index in [0.717, 1.165) is 35.5 Å². The Morgan fingerprint density at radius 1 is 1.00 bits per heavy atom. The summed E-state index contributed by atoms with van der Waals surface area (Å²) in [4.78, 5) is 30.0. The Labute approximate surface area is 222 Å². The van der Waals surface area contributed by atoms with E-state index in [0.29, 0.717) is 45.1 Å². The number of benzene rings is 1. The maximum absolute atomic E-state index is 13.5. The molecular weight excluding hydrogens is 474 g/mol. The number of methoxy groups -OCH3 is 1. The number of rotatable bonds is 17. The molecule has 0 aliphatic heterocycles. The lowest BCUT2D eigenvalue weighted by molar-refractivity contribution is -0.141. The van der Waals surface area contributed by atoms with E-state index < -0.39 is 0 Å². The summed E-state index contributed by atoms with van der Waals surface area (Å²) in [6, 6.07) is 11.9. The van der Waals surface area contributed by atoms with Crippen LogP contribution in [-0.4, -0.2) is 59.5 Å². The summed E-state index contributed by atoms with van der Waals surface area (Å²) in [7, 11) is 1.62. The van der Waals surface area contributed by atoms with Crippen molar-refractivity contribution in [2.75, 3.05) is 33.4 Å². The lowest BCUT2D eigenvalue weighted by Gasteiger charge is -2.29. The average Bonchev–Trinajstić information content (AvgIpc) is 3.28. The number of carbonyl (C=O) groups excluding carboxylic acids is 2. The first-order chi connectivity index (χ1) is 17.3. The third kappa shape index (κ3) is 10.4. The van der Waals surface area contributed by atoms with Gasteiger partial charge in [-0.15, -0.1) is 0 Å². The van der Waals surface area contributed by atoms with Crippen molar-refractivity contribution in [3.63, 3.8) is 0 Å². The van der Waals surface area contributed by atoms with Gasteiger partial charge in [-0.1, -0.05) is 76.3 Å². The second-order valence-corrected chi connectivity index (χ2v) is 10.3. The molecule has 0 unspecified atom stereocenters. The standard InChI is InChI=1S/C29H44ClN3O3/c1-5-6-7-8-9-16-28(34)32(18-19-36-4)23-29(35)33(20-24(2)3)22-26-14-12-17-31(26)21-25-13-10-11-15-27(25)30/h10-15,17,24H,5-9,16,18-23H2,1-4H3. The highest BCUT2D eigenvalue weighted by Gasteiger charge is 2.22. The first-order valence-electron chi connectivity index (χ1n) is 13.3. The third-order valence-corrected chi connectivity index (χ3v) is 6.62. The summed E-state index contributed by atoms with van der Waals surface area (Å²) in [6.07, 6.45) is 7.93. The predicted octanol–water partition coefficient (Wildman–Crippen LogP) is 6.01. The molecule has 0 spiro atoms. The van der Waals surface area contributed by atoms with E-state index in [1.807, 2.05) is 47.5 Å². The Morgan fingerprint density at radius 3 is 2.44 bits per heavy atom. The van der Waals surface area contributed by atoms with Crippen LogP contribution in [0.4, 0.5) is 0 Å². The molecule has 0 atom stereocenters. The lowest BCUT2D eigenvalue weighted by atomic mass is 10.1. The molecule has 0 saturated heterocycles. The van der Waals surface area contributed by atoms with Crippen molar-refractivity contribution in [3.8, 4) is 0 Å². The van der Waals surface area contributed by atoms with Crippen LogP contribution < -0.4 is 0 Å². The van der Waals surface area contributed by atoms with Gasteiger partial charge in [0.25, 0.3) is 0 Å². The Balaban J connectivity index is 2.08. The summed E-state index contributed by atoms with van der Waals surface area (Å²) >= 11 is 6.38. The average molecular weight is 518 g/mol. The van der Waals surface area contributed by atoms with Crippen LogP contribution >= 0.6 is 11.6 Å². The number of unbranched alkanes of at least 4 members (excludes halogenated alkanes) is 4. The monoisotopic (exact) mass is 517 g/mol. The van der Waals surface area contributed by atoms with Crippen LogP contribution in [0.25, 0.3) is 0 Å². The number of nitrogens with zero attached hydrogens (tertiary/aromatic N) is 3. The van der Waals surface area contributed by atoms with E-state index in [-0.39, 0.29) is 18.4 Å². The second-order valence-electron chi connectivity index (χ2n) is 9.86. The van der Waals surface area contributed by atoms with Crippen molar-refractivity contribution in [2.45, 2.75) is 72.4 Å². The molecule has 1 aromatic carbocycles. The molecule has 2 aromatic rings. The van der Waals surface area contributed by atoms with Gasteiger partial charge in [-0.05, 0) is 36.1 Å². The number of hydrogen-bond donors (Lipinski definition) is 0. The van der Waals surface area contributed by atoms with Crippen LogP contribution in [0.15, 0.2) is 42.6 Å². The molecule has 2 amide bonds.